The lowest BCUT2D eigenvalue weighted by Gasteiger charge is -2.12. The molecule has 0 saturated carbocycles. The van der Waals surface area contributed by atoms with Crippen molar-refractivity contribution in [1.29, 1.82) is 0 Å². The van der Waals surface area contributed by atoms with Crippen LogP contribution in [0.1, 0.15) is 11.1 Å². The Labute approximate surface area is 135 Å². The molecule has 24 heavy (non-hydrogen) atoms. The summed E-state index contributed by atoms with van der Waals surface area (Å²) >= 11 is 0. The molecule has 0 spiro atoms. The Bertz CT molecular complexity index is 823. The van der Waals surface area contributed by atoms with Gasteiger partial charge in [0.2, 0.25) is 5.91 Å². The number of nitrogens with zero attached hydrogens (tertiary/aromatic N) is 2. The Morgan fingerprint density at radius 3 is 2.58 bits per heavy atom. The maximum absolute atomic E-state index is 14.0. The first kappa shape index (κ1) is 17.0. The topological polar surface area (TPSA) is 131 Å². The molecule has 0 aliphatic heterocycles. The van der Waals surface area contributed by atoms with Crippen LogP contribution in [0.2, 0.25) is 0 Å². The molecule has 0 fully saturated rings. The second-order valence-electron chi connectivity index (χ2n) is 4.67. The number of anilines is 1. The Balaban J connectivity index is 2.63. The predicted octanol–water partition coefficient (Wildman–Crippen LogP) is 1.86. The minimum Gasteiger partial charge on any atom is -0.410 e. The fourth-order valence-electron chi connectivity index (χ4n) is 2.06. The standard InChI is InChI=1S/C15H13FN4O4/c16-12-4-2-1-3-10(12)15(19-22)11-7-9(20(23)24)5-6-13(11)18-14(21)8-17/h1-7,22H,8,17H2,(H,18,21). The van der Waals surface area contributed by atoms with Gasteiger partial charge >= 0.3 is 0 Å². The van der Waals surface area contributed by atoms with Gasteiger partial charge in [0.1, 0.15) is 11.5 Å². The van der Waals surface area contributed by atoms with Crippen LogP contribution in [-0.2, 0) is 4.79 Å². The third-order valence-electron chi connectivity index (χ3n) is 3.16. The first-order valence-corrected chi connectivity index (χ1v) is 6.73. The van der Waals surface area contributed by atoms with Gasteiger partial charge in [-0.25, -0.2) is 4.39 Å². The summed E-state index contributed by atoms with van der Waals surface area (Å²) in [6.45, 7) is -0.318. The number of rotatable bonds is 5. The number of carbonyl (C=O) groups is 1. The zero-order valence-corrected chi connectivity index (χ0v) is 12.3. The number of oxime groups is 1. The van der Waals surface area contributed by atoms with Crippen molar-refractivity contribution in [2.45, 2.75) is 0 Å². The van der Waals surface area contributed by atoms with E-state index in [0.29, 0.717) is 0 Å². The summed E-state index contributed by atoms with van der Waals surface area (Å²) in [4.78, 5) is 21.8. The van der Waals surface area contributed by atoms with E-state index in [1.165, 1.54) is 24.3 Å². The average Bonchev–Trinajstić information content (AvgIpc) is 2.58. The highest BCUT2D eigenvalue weighted by atomic mass is 19.1. The van der Waals surface area contributed by atoms with Crippen LogP contribution in [0.15, 0.2) is 47.6 Å². The molecule has 2 rings (SSSR count). The molecule has 0 bridgehead atoms. The lowest BCUT2D eigenvalue weighted by molar-refractivity contribution is -0.384. The molecule has 0 unspecified atom stereocenters. The van der Waals surface area contributed by atoms with Crippen molar-refractivity contribution in [3.8, 4) is 0 Å². The van der Waals surface area contributed by atoms with Gasteiger partial charge in [-0.2, -0.15) is 0 Å². The van der Waals surface area contributed by atoms with Gasteiger partial charge in [0.15, 0.2) is 0 Å². The maximum Gasteiger partial charge on any atom is 0.270 e. The van der Waals surface area contributed by atoms with Crippen LogP contribution in [0.25, 0.3) is 0 Å². The summed E-state index contributed by atoms with van der Waals surface area (Å²) in [5, 5.41) is 25.8. The quantitative estimate of drug-likeness (QED) is 0.333. The fraction of sp³-hybridized carbons (Fsp3) is 0.0667. The number of nitrogens with two attached hydrogens (primary N) is 1. The lowest BCUT2D eigenvalue weighted by Crippen LogP contribution is -2.23. The van der Waals surface area contributed by atoms with E-state index >= 15 is 0 Å². The van der Waals surface area contributed by atoms with Gasteiger partial charge < -0.3 is 16.3 Å². The number of nitrogens with one attached hydrogen (secondary N) is 1. The van der Waals surface area contributed by atoms with Crippen molar-refractivity contribution in [2.75, 3.05) is 11.9 Å². The molecule has 2 aromatic carbocycles. The molecule has 9 heteroatoms. The van der Waals surface area contributed by atoms with E-state index in [1.54, 1.807) is 0 Å². The molecule has 0 aromatic heterocycles. The van der Waals surface area contributed by atoms with Crippen LogP contribution >= 0.6 is 0 Å². The van der Waals surface area contributed by atoms with Crippen molar-refractivity contribution in [3.63, 3.8) is 0 Å². The van der Waals surface area contributed by atoms with Crippen LogP contribution < -0.4 is 11.1 Å². The smallest absolute Gasteiger partial charge is 0.270 e. The first-order valence-electron chi connectivity index (χ1n) is 6.73. The number of halogens is 1. The number of non-ortho nitro benzene ring substituents is 1. The summed E-state index contributed by atoms with van der Waals surface area (Å²) in [6.07, 6.45) is 0. The van der Waals surface area contributed by atoms with Crippen LogP contribution in [0.5, 0.6) is 0 Å². The van der Waals surface area contributed by atoms with Gasteiger partial charge in [-0.1, -0.05) is 17.3 Å². The van der Waals surface area contributed by atoms with E-state index in [2.05, 4.69) is 10.5 Å². The predicted molar refractivity (Wildman–Crippen MR) is 84.6 cm³/mol. The monoisotopic (exact) mass is 332 g/mol. The van der Waals surface area contributed by atoms with Gasteiger partial charge in [-0.3, -0.25) is 14.9 Å². The molecule has 1 amide bonds. The van der Waals surface area contributed by atoms with Gasteiger partial charge in [-0.05, 0) is 18.2 Å². The molecular formula is C15H13FN4O4. The molecule has 2 aromatic rings. The second-order valence-corrected chi connectivity index (χ2v) is 4.67. The van der Waals surface area contributed by atoms with Crippen molar-refractivity contribution < 1.29 is 19.3 Å². The highest BCUT2D eigenvalue weighted by Gasteiger charge is 2.20. The van der Waals surface area contributed by atoms with Gasteiger partial charge in [0, 0.05) is 23.3 Å². The SMILES string of the molecule is NCC(=O)Nc1ccc([N+](=O)[O-])cc1C(=NO)c1ccccc1F. The number of nitro groups is 1. The number of amides is 1. The third-order valence-corrected chi connectivity index (χ3v) is 3.16. The van der Waals surface area contributed by atoms with Gasteiger partial charge in [-0.15, -0.1) is 0 Å². The minimum atomic E-state index is -0.687. The number of hydrogen-bond donors (Lipinski definition) is 3. The normalized spacial score (nSPS) is 11.2. The lowest BCUT2D eigenvalue weighted by atomic mass is 9.99. The van der Waals surface area contributed by atoms with E-state index < -0.39 is 16.6 Å². The molecular weight excluding hydrogens is 319 g/mol. The Kier molecular flexibility index (Phi) is 5.17. The summed E-state index contributed by atoms with van der Waals surface area (Å²) < 4.78 is 14.0. The zero-order chi connectivity index (χ0) is 17.7. The van der Waals surface area contributed by atoms with Crippen LogP contribution in [0.3, 0.4) is 0 Å². The molecule has 0 aliphatic carbocycles. The number of benzene rings is 2. The molecule has 0 atom stereocenters. The van der Waals surface area contributed by atoms with Crippen LogP contribution in [0, 0.1) is 15.9 Å². The van der Waals surface area contributed by atoms with E-state index in [-0.39, 0.29) is 34.8 Å². The Hall–Kier alpha value is -3.33. The molecule has 0 aliphatic rings. The van der Waals surface area contributed by atoms with E-state index in [9.17, 15) is 24.5 Å². The summed E-state index contributed by atoms with van der Waals surface area (Å²) in [5.74, 6) is -1.25. The van der Waals surface area contributed by atoms with E-state index in [1.807, 2.05) is 0 Å². The number of nitro benzene ring substituents is 1. The largest absolute Gasteiger partial charge is 0.410 e. The molecule has 124 valence electrons. The van der Waals surface area contributed by atoms with Crippen molar-refractivity contribution in [1.82, 2.24) is 0 Å². The molecule has 0 heterocycles. The highest BCUT2D eigenvalue weighted by molar-refractivity contribution is 6.17. The number of hydrogen-bond acceptors (Lipinski definition) is 6. The fourth-order valence-corrected chi connectivity index (χ4v) is 2.06. The van der Waals surface area contributed by atoms with Crippen molar-refractivity contribution in [3.05, 3.63) is 69.5 Å². The van der Waals surface area contributed by atoms with Crippen LogP contribution in [-0.4, -0.2) is 28.3 Å². The second kappa shape index (κ2) is 7.29. The summed E-state index contributed by atoms with van der Waals surface area (Å²) in [7, 11) is 0. The molecule has 0 saturated heterocycles. The van der Waals surface area contributed by atoms with Gasteiger partial charge in [0.05, 0.1) is 17.2 Å². The maximum atomic E-state index is 14.0. The first-order chi connectivity index (χ1) is 11.5. The number of carbonyl (C=O) groups excluding carboxylic acids is 1. The van der Waals surface area contributed by atoms with E-state index in [0.717, 1.165) is 18.2 Å². The van der Waals surface area contributed by atoms with Gasteiger partial charge in [0.25, 0.3) is 5.69 Å². The zero-order valence-electron chi connectivity index (χ0n) is 12.3. The Morgan fingerprint density at radius 2 is 2.00 bits per heavy atom. The third kappa shape index (κ3) is 3.52. The summed E-state index contributed by atoms with van der Waals surface area (Å²) in [5.41, 5.74) is 4.67. The average molecular weight is 332 g/mol. The van der Waals surface area contributed by atoms with Crippen molar-refractivity contribution >= 4 is 23.0 Å². The molecule has 8 nitrogen and oxygen atoms in total. The molecule has 4 N–H and O–H groups in total. The Morgan fingerprint density at radius 1 is 1.29 bits per heavy atom. The van der Waals surface area contributed by atoms with Crippen LogP contribution in [0.4, 0.5) is 15.8 Å². The van der Waals surface area contributed by atoms with E-state index in [4.69, 9.17) is 5.73 Å². The minimum absolute atomic E-state index is 0.0152. The van der Waals surface area contributed by atoms with Crippen molar-refractivity contribution in [2.24, 2.45) is 10.9 Å². The summed E-state index contributed by atoms with van der Waals surface area (Å²) in [6, 6.07) is 8.94. The highest BCUT2D eigenvalue weighted by Crippen LogP contribution is 2.26. The molecule has 0 radical (unpaired) electrons.